The predicted molar refractivity (Wildman–Crippen MR) is 64.2 cm³/mol. The van der Waals surface area contributed by atoms with Gasteiger partial charge in [0.1, 0.15) is 6.61 Å². The van der Waals surface area contributed by atoms with Crippen molar-refractivity contribution in [2.75, 3.05) is 59.6 Å². The van der Waals surface area contributed by atoms with Crippen LogP contribution in [0.2, 0.25) is 0 Å². The summed E-state index contributed by atoms with van der Waals surface area (Å²) < 4.78 is 21.3. The quantitative estimate of drug-likeness (QED) is 0.612. The van der Waals surface area contributed by atoms with Gasteiger partial charge in [-0.25, -0.2) is 9.78 Å². The smallest absolute Gasteiger partial charge is 0.180 e. The molecule has 0 aromatic carbocycles. The molecule has 0 unspecified atom stereocenters. The minimum Gasteiger partial charge on any atom is -0.379 e. The fourth-order valence-electron chi connectivity index (χ4n) is 1.41. The van der Waals surface area contributed by atoms with Gasteiger partial charge in [-0.3, -0.25) is 0 Å². The molecule has 6 nitrogen and oxygen atoms in total. The molecule has 0 aromatic heterocycles. The molecule has 0 amide bonds. The van der Waals surface area contributed by atoms with Gasteiger partial charge in [0, 0.05) is 13.2 Å². The van der Waals surface area contributed by atoms with E-state index in [4.69, 9.17) is 28.7 Å². The highest BCUT2D eigenvalue weighted by atomic mass is 17.2. The summed E-state index contributed by atoms with van der Waals surface area (Å²) in [5.41, 5.74) is 0. The molecule has 0 N–H and O–H groups in total. The standard InChI is InChI=1S/C12H24O6/c1-2-4-13-6-7-15-10-11-17-18-12-16-9-8-14-5-3-1/h1-12H2. The molecule has 1 aliphatic heterocycles. The zero-order valence-electron chi connectivity index (χ0n) is 10.9. The molecule has 18 heavy (non-hydrogen) atoms. The van der Waals surface area contributed by atoms with Crippen LogP contribution >= 0.6 is 0 Å². The molecule has 0 aliphatic carbocycles. The van der Waals surface area contributed by atoms with Gasteiger partial charge in [0.2, 0.25) is 0 Å². The van der Waals surface area contributed by atoms with Crippen LogP contribution in [0.25, 0.3) is 0 Å². The number of hydrogen-bond donors (Lipinski definition) is 0. The highest BCUT2D eigenvalue weighted by molar-refractivity contribution is 4.41. The van der Waals surface area contributed by atoms with E-state index in [1.54, 1.807) is 0 Å². The number of rotatable bonds is 0. The van der Waals surface area contributed by atoms with Crippen molar-refractivity contribution in [1.29, 1.82) is 0 Å². The molecule has 0 atom stereocenters. The Balaban J connectivity index is 2.00. The second kappa shape index (κ2) is 13.2. The molecular weight excluding hydrogens is 240 g/mol. The van der Waals surface area contributed by atoms with Crippen LogP contribution in [0.1, 0.15) is 19.3 Å². The Kier molecular flexibility index (Phi) is 11.6. The van der Waals surface area contributed by atoms with Crippen molar-refractivity contribution in [1.82, 2.24) is 0 Å². The second-order valence-electron chi connectivity index (χ2n) is 3.86. The lowest BCUT2D eigenvalue weighted by molar-refractivity contribution is -0.340. The molecule has 1 aliphatic rings. The van der Waals surface area contributed by atoms with Crippen molar-refractivity contribution in [3.8, 4) is 0 Å². The van der Waals surface area contributed by atoms with Crippen LogP contribution in [-0.2, 0) is 28.7 Å². The van der Waals surface area contributed by atoms with E-state index in [-0.39, 0.29) is 6.79 Å². The summed E-state index contributed by atoms with van der Waals surface area (Å²) in [5, 5.41) is 0. The summed E-state index contributed by atoms with van der Waals surface area (Å²) in [7, 11) is 0. The van der Waals surface area contributed by atoms with Crippen LogP contribution in [0, 0.1) is 0 Å². The maximum Gasteiger partial charge on any atom is 0.180 e. The molecule has 0 spiro atoms. The zero-order valence-corrected chi connectivity index (χ0v) is 10.9. The first-order chi connectivity index (χ1) is 9.00. The zero-order chi connectivity index (χ0) is 12.7. The molecule has 0 saturated carbocycles. The largest absolute Gasteiger partial charge is 0.379 e. The molecule has 0 radical (unpaired) electrons. The average molecular weight is 264 g/mol. The third kappa shape index (κ3) is 10.9. The van der Waals surface area contributed by atoms with Crippen molar-refractivity contribution in [2.45, 2.75) is 19.3 Å². The van der Waals surface area contributed by atoms with E-state index in [2.05, 4.69) is 0 Å². The fourth-order valence-corrected chi connectivity index (χ4v) is 1.41. The SMILES string of the molecule is C1CCOCCOCCOOCOCCOCC1. The molecular formula is C12H24O6. The van der Waals surface area contributed by atoms with Crippen LogP contribution in [0.5, 0.6) is 0 Å². The molecule has 1 fully saturated rings. The normalized spacial score (nSPS) is 24.0. The van der Waals surface area contributed by atoms with Crippen molar-refractivity contribution in [3.05, 3.63) is 0 Å². The third-order valence-corrected chi connectivity index (χ3v) is 2.35. The Hall–Kier alpha value is -0.240. The predicted octanol–water partition coefficient (Wildman–Crippen LogP) is 1.14. The molecule has 1 rings (SSSR count). The van der Waals surface area contributed by atoms with Gasteiger partial charge < -0.3 is 18.9 Å². The summed E-state index contributed by atoms with van der Waals surface area (Å²) in [6.07, 6.45) is 3.24. The van der Waals surface area contributed by atoms with Gasteiger partial charge in [-0.1, -0.05) is 0 Å². The Labute approximate surface area is 108 Å². The first kappa shape index (κ1) is 15.8. The van der Waals surface area contributed by atoms with Crippen molar-refractivity contribution in [2.24, 2.45) is 0 Å². The van der Waals surface area contributed by atoms with Gasteiger partial charge >= 0.3 is 0 Å². The lowest BCUT2D eigenvalue weighted by atomic mass is 10.2. The van der Waals surface area contributed by atoms with Gasteiger partial charge in [0.05, 0.1) is 33.0 Å². The maximum atomic E-state index is 5.42. The van der Waals surface area contributed by atoms with Crippen LogP contribution in [0.4, 0.5) is 0 Å². The summed E-state index contributed by atoms with van der Waals surface area (Å²) >= 11 is 0. The number of ether oxygens (including phenoxy) is 4. The van der Waals surface area contributed by atoms with E-state index in [9.17, 15) is 0 Å². The van der Waals surface area contributed by atoms with E-state index >= 15 is 0 Å². The summed E-state index contributed by atoms with van der Waals surface area (Å²) in [4.78, 5) is 9.64. The van der Waals surface area contributed by atoms with Crippen LogP contribution in [0.15, 0.2) is 0 Å². The average Bonchev–Trinajstić information content (AvgIpc) is 2.39. The molecule has 108 valence electrons. The van der Waals surface area contributed by atoms with Crippen molar-refractivity contribution < 1.29 is 28.7 Å². The van der Waals surface area contributed by atoms with Crippen LogP contribution in [0.3, 0.4) is 0 Å². The van der Waals surface area contributed by atoms with E-state index in [1.165, 1.54) is 0 Å². The maximum absolute atomic E-state index is 5.42. The lowest BCUT2D eigenvalue weighted by Gasteiger charge is -2.08. The highest BCUT2D eigenvalue weighted by Crippen LogP contribution is 1.97. The summed E-state index contributed by atoms with van der Waals surface area (Å²) in [5.74, 6) is 0. The van der Waals surface area contributed by atoms with Crippen LogP contribution in [-0.4, -0.2) is 59.6 Å². The van der Waals surface area contributed by atoms with Gasteiger partial charge in [0.25, 0.3) is 0 Å². The molecule has 6 heteroatoms. The first-order valence-electron chi connectivity index (χ1n) is 6.55. The Morgan fingerprint density at radius 1 is 0.389 bits per heavy atom. The van der Waals surface area contributed by atoms with E-state index in [0.29, 0.717) is 39.6 Å². The van der Waals surface area contributed by atoms with Crippen molar-refractivity contribution >= 4 is 0 Å². The Morgan fingerprint density at radius 3 is 1.67 bits per heavy atom. The van der Waals surface area contributed by atoms with E-state index in [0.717, 1.165) is 32.5 Å². The monoisotopic (exact) mass is 264 g/mol. The lowest BCUT2D eigenvalue weighted by Crippen LogP contribution is -2.12. The minimum atomic E-state index is 0.118. The van der Waals surface area contributed by atoms with Crippen LogP contribution < -0.4 is 0 Å². The third-order valence-electron chi connectivity index (χ3n) is 2.35. The van der Waals surface area contributed by atoms with Gasteiger partial charge in [-0.15, -0.1) is 0 Å². The van der Waals surface area contributed by atoms with Gasteiger partial charge in [-0.05, 0) is 19.3 Å². The minimum absolute atomic E-state index is 0.118. The summed E-state index contributed by atoms with van der Waals surface area (Å²) in [6, 6.07) is 0. The Morgan fingerprint density at radius 2 is 0.944 bits per heavy atom. The Bertz CT molecular complexity index is 91.6. The van der Waals surface area contributed by atoms with Crippen molar-refractivity contribution in [3.63, 3.8) is 0 Å². The summed E-state index contributed by atoms with van der Waals surface area (Å²) in [6.45, 7) is 4.87. The highest BCUT2D eigenvalue weighted by Gasteiger charge is 1.95. The van der Waals surface area contributed by atoms with E-state index < -0.39 is 0 Å². The molecule has 0 aromatic rings. The van der Waals surface area contributed by atoms with Gasteiger partial charge in [-0.2, -0.15) is 0 Å². The van der Waals surface area contributed by atoms with Gasteiger partial charge in [0.15, 0.2) is 6.79 Å². The fraction of sp³-hybridized carbons (Fsp3) is 1.00. The topological polar surface area (TPSA) is 55.4 Å². The van der Waals surface area contributed by atoms with E-state index in [1.807, 2.05) is 0 Å². The number of hydrogen-bond acceptors (Lipinski definition) is 6. The first-order valence-corrected chi connectivity index (χ1v) is 6.55. The molecule has 1 saturated heterocycles. The molecule has 1 heterocycles. The molecule has 0 bridgehead atoms. The second-order valence-corrected chi connectivity index (χ2v) is 3.86.